The number of amides is 1. The largest absolute Gasteiger partial charge is 0.497 e. The van der Waals surface area contributed by atoms with Gasteiger partial charge in [-0.1, -0.05) is 24.3 Å². The van der Waals surface area contributed by atoms with E-state index in [1.54, 1.807) is 37.7 Å². The lowest BCUT2D eigenvalue weighted by Crippen LogP contribution is -2.59. The van der Waals surface area contributed by atoms with Gasteiger partial charge in [0.2, 0.25) is 15.9 Å². The highest BCUT2D eigenvalue weighted by atomic mass is 32.2. The van der Waals surface area contributed by atoms with Gasteiger partial charge in [0.25, 0.3) is 0 Å². The van der Waals surface area contributed by atoms with Crippen molar-refractivity contribution in [3.8, 4) is 5.75 Å². The zero-order valence-electron chi connectivity index (χ0n) is 21.5. The lowest BCUT2D eigenvalue weighted by atomic mass is 9.85. The molecule has 5 N–H and O–H groups in total. The minimum atomic E-state index is -5.08. The van der Waals surface area contributed by atoms with Gasteiger partial charge in [-0.25, -0.2) is 13.2 Å². The van der Waals surface area contributed by atoms with Gasteiger partial charge < -0.3 is 20.9 Å². The van der Waals surface area contributed by atoms with Crippen LogP contribution in [0.4, 0.5) is 13.2 Å². The van der Waals surface area contributed by atoms with E-state index in [1.807, 2.05) is 36.4 Å². The number of benzene rings is 3. The van der Waals surface area contributed by atoms with Crippen molar-refractivity contribution in [1.82, 2.24) is 15.0 Å². The van der Waals surface area contributed by atoms with E-state index in [2.05, 4.69) is 15.0 Å². The van der Waals surface area contributed by atoms with E-state index in [0.717, 1.165) is 16.2 Å². The summed E-state index contributed by atoms with van der Waals surface area (Å²) in [5.41, 5.74) is 5.72. The Morgan fingerprint density at radius 1 is 1.07 bits per heavy atom. The van der Waals surface area contributed by atoms with E-state index in [-0.39, 0.29) is 11.3 Å². The fourth-order valence-electron chi connectivity index (χ4n) is 4.48. The molecule has 4 aromatic rings. The van der Waals surface area contributed by atoms with Crippen molar-refractivity contribution in [2.75, 3.05) is 13.7 Å². The number of nitrogens with one attached hydrogen (secondary N) is 2. The minimum Gasteiger partial charge on any atom is -0.497 e. The number of aliphatic carboxylic acids is 1. The summed E-state index contributed by atoms with van der Waals surface area (Å²) in [6.07, 6.45) is -1.46. The Kier molecular flexibility index (Phi) is 8.19. The molecule has 2 atom stereocenters. The summed E-state index contributed by atoms with van der Waals surface area (Å²) in [6, 6.07) is 16.8. The monoisotopic (exact) mass is 590 g/mol. The topological polar surface area (TPSA) is 161 Å². The number of aromatic nitrogens is 1. The number of carboxylic acid groups (broad SMARTS) is 1. The van der Waals surface area contributed by atoms with Crippen molar-refractivity contribution in [2.24, 2.45) is 5.73 Å². The third-order valence-electron chi connectivity index (χ3n) is 6.65. The molecule has 14 heteroatoms. The number of ether oxygens (including phenoxy) is 1. The minimum absolute atomic E-state index is 0.0437. The summed E-state index contributed by atoms with van der Waals surface area (Å²) >= 11 is 0. The van der Waals surface area contributed by atoms with Crippen LogP contribution in [-0.4, -0.2) is 55.8 Å². The van der Waals surface area contributed by atoms with E-state index in [9.17, 15) is 26.4 Å². The average Bonchev–Trinajstić information content (AvgIpc) is 3.31. The van der Waals surface area contributed by atoms with Crippen LogP contribution in [0.3, 0.4) is 0 Å². The second-order valence-corrected chi connectivity index (χ2v) is 10.9. The number of halogens is 3. The molecule has 2 heterocycles. The van der Waals surface area contributed by atoms with Crippen LogP contribution in [0.1, 0.15) is 18.0 Å². The van der Waals surface area contributed by atoms with E-state index < -0.39 is 39.7 Å². The van der Waals surface area contributed by atoms with Crippen LogP contribution in [0, 0.1) is 0 Å². The van der Waals surface area contributed by atoms with E-state index in [4.69, 9.17) is 20.4 Å². The van der Waals surface area contributed by atoms with Crippen LogP contribution in [0.15, 0.2) is 78.0 Å². The maximum atomic E-state index is 13.5. The van der Waals surface area contributed by atoms with Crippen molar-refractivity contribution in [1.29, 1.82) is 0 Å². The Labute approximate surface area is 232 Å². The van der Waals surface area contributed by atoms with Crippen LogP contribution in [0.25, 0.3) is 21.5 Å². The highest BCUT2D eigenvalue weighted by Crippen LogP contribution is 2.34. The lowest BCUT2D eigenvalue weighted by Gasteiger charge is -2.33. The number of sulfonamides is 1. The molecule has 0 saturated carbocycles. The van der Waals surface area contributed by atoms with Gasteiger partial charge in [-0.15, -0.1) is 0 Å². The summed E-state index contributed by atoms with van der Waals surface area (Å²) in [5, 5.41) is 13.3. The number of carbonyl (C=O) groups excluding carboxylic acids is 1. The van der Waals surface area contributed by atoms with Gasteiger partial charge in [0.05, 0.1) is 18.0 Å². The van der Waals surface area contributed by atoms with E-state index in [0.29, 0.717) is 23.2 Å². The second-order valence-electron chi connectivity index (χ2n) is 9.22. The first-order valence-corrected chi connectivity index (χ1v) is 13.5. The zero-order chi connectivity index (χ0) is 30.0. The standard InChI is InChI=1S/C25H24N4O4S.C2HF3O2/c1-33-21-6-4-16-5-7-22(14-19(16)13-21)34(31,32)29-25(9-11-28-24(25)30)23(26)18-3-2-17-8-10-27-15-20(17)12-18;3-2(4,5)1(6)7/h2-8,10,12-15,23,29H,9,11,26H2,1H3,(H,28,30);(H,6,7)/t23?,25-;/m1./s1. The fraction of sp³-hybridized carbons (Fsp3) is 0.222. The summed E-state index contributed by atoms with van der Waals surface area (Å²) < 4.78 is 66.7. The fourth-order valence-corrected chi connectivity index (χ4v) is 5.93. The van der Waals surface area contributed by atoms with Gasteiger partial charge >= 0.3 is 12.1 Å². The molecule has 216 valence electrons. The Morgan fingerprint density at radius 2 is 1.73 bits per heavy atom. The number of carboxylic acids is 1. The number of pyridine rings is 1. The number of rotatable bonds is 6. The first-order chi connectivity index (χ1) is 19.3. The number of alkyl halides is 3. The number of methoxy groups -OCH3 is 1. The number of carbonyl (C=O) groups is 2. The molecule has 10 nitrogen and oxygen atoms in total. The number of nitrogens with zero attached hydrogens (tertiary/aromatic N) is 1. The Hall–Kier alpha value is -4.27. The van der Waals surface area contributed by atoms with Crippen molar-refractivity contribution >= 4 is 43.4 Å². The molecule has 1 amide bonds. The van der Waals surface area contributed by atoms with Crippen LogP contribution in [0.5, 0.6) is 5.75 Å². The predicted octanol–water partition coefficient (Wildman–Crippen LogP) is 3.27. The van der Waals surface area contributed by atoms with Crippen molar-refractivity contribution in [2.45, 2.75) is 29.1 Å². The highest BCUT2D eigenvalue weighted by molar-refractivity contribution is 7.89. The third kappa shape index (κ3) is 6.24. The Balaban J connectivity index is 0.000000493. The van der Waals surface area contributed by atoms with E-state index >= 15 is 0 Å². The molecule has 41 heavy (non-hydrogen) atoms. The quantitative estimate of drug-likeness (QED) is 0.266. The normalized spacial score (nSPS) is 17.9. The summed E-state index contributed by atoms with van der Waals surface area (Å²) in [7, 11) is -2.53. The number of hydrogen-bond acceptors (Lipinski definition) is 7. The molecule has 1 fully saturated rings. The first kappa shape index (κ1) is 29.7. The SMILES string of the molecule is COc1ccc2ccc(S(=O)(=O)N[C@@]3(C(N)c4ccc5ccncc5c4)CCNC3=O)cc2c1.O=C(O)C(F)(F)F. The Morgan fingerprint density at radius 3 is 2.37 bits per heavy atom. The molecule has 1 aromatic heterocycles. The van der Waals surface area contributed by atoms with Gasteiger partial charge in [0, 0.05) is 24.3 Å². The summed E-state index contributed by atoms with van der Waals surface area (Å²) in [6.45, 7) is 0.319. The molecular formula is C27H25F3N4O6S. The average molecular weight is 591 g/mol. The maximum Gasteiger partial charge on any atom is 0.490 e. The second kappa shape index (κ2) is 11.3. The molecule has 0 spiro atoms. The van der Waals surface area contributed by atoms with Crippen LogP contribution in [0.2, 0.25) is 0 Å². The molecule has 3 aromatic carbocycles. The van der Waals surface area contributed by atoms with Gasteiger partial charge in [-0.2, -0.15) is 17.9 Å². The number of nitrogens with two attached hydrogens (primary N) is 1. The van der Waals surface area contributed by atoms with Crippen LogP contribution < -0.4 is 20.5 Å². The maximum absolute atomic E-state index is 13.5. The Bertz CT molecular complexity index is 1730. The third-order valence-corrected chi connectivity index (χ3v) is 8.16. The van der Waals surface area contributed by atoms with Gasteiger partial charge in [0.1, 0.15) is 11.3 Å². The molecule has 1 unspecified atom stereocenters. The highest BCUT2D eigenvalue weighted by Gasteiger charge is 2.51. The lowest BCUT2D eigenvalue weighted by molar-refractivity contribution is -0.192. The molecule has 0 aliphatic carbocycles. The van der Waals surface area contributed by atoms with E-state index in [1.165, 1.54) is 6.07 Å². The molecular weight excluding hydrogens is 565 g/mol. The molecule has 5 rings (SSSR count). The molecule has 1 aliphatic rings. The zero-order valence-corrected chi connectivity index (χ0v) is 22.3. The van der Waals surface area contributed by atoms with Crippen molar-refractivity contribution < 1.29 is 41.0 Å². The van der Waals surface area contributed by atoms with Gasteiger partial charge in [-0.05, 0) is 64.5 Å². The van der Waals surface area contributed by atoms with Crippen molar-refractivity contribution in [3.63, 3.8) is 0 Å². The molecule has 0 radical (unpaired) electrons. The van der Waals surface area contributed by atoms with Gasteiger partial charge in [-0.3, -0.25) is 9.78 Å². The summed E-state index contributed by atoms with van der Waals surface area (Å²) in [5.74, 6) is -2.58. The number of fused-ring (bicyclic) bond motifs is 2. The molecule has 0 bridgehead atoms. The first-order valence-electron chi connectivity index (χ1n) is 12.1. The van der Waals surface area contributed by atoms with Crippen molar-refractivity contribution in [3.05, 3.63) is 78.6 Å². The van der Waals surface area contributed by atoms with Gasteiger partial charge in [0.15, 0.2) is 0 Å². The van der Waals surface area contributed by atoms with Crippen LogP contribution in [-0.2, 0) is 19.6 Å². The summed E-state index contributed by atoms with van der Waals surface area (Å²) in [4.78, 5) is 26.1. The number of hydrogen-bond donors (Lipinski definition) is 4. The molecule has 1 saturated heterocycles. The van der Waals surface area contributed by atoms with Crippen LogP contribution >= 0.6 is 0 Å². The smallest absolute Gasteiger partial charge is 0.490 e. The predicted molar refractivity (Wildman–Crippen MR) is 144 cm³/mol. The molecule has 1 aliphatic heterocycles.